The van der Waals surface area contributed by atoms with Crippen molar-refractivity contribution in [2.24, 2.45) is 0 Å². The molecule has 0 aliphatic carbocycles. The number of carbonyl (C=O) groups is 1. The Morgan fingerprint density at radius 1 is 1.50 bits per heavy atom. The van der Waals surface area contributed by atoms with Crippen molar-refractivity contribution in [2.45, 2.75) is 26.7 Å². The van der Waals surface area contributed by atoms with Gasteiger partial charge in [0.25, 0.3) is 0 Å². The molecule has 0 fully saturated rings. The van der Waals surface area contributed by atoms with E-state index in [0.29, 0.717) is 12.3 Å². The number of aromatic nitrogens is 3. The zero-order chi connectivity index (χ0) is 12.0. The monoisotopic (exact) mass is 226 g/mol. The lowest BCUT2D eigenvalue weighted by atomic mass is 10.1. The van der Waals surface area contributed by atoms with Crippen LogP contribution in [0.15, 0.2) is 0 Å². The van der Waals surface area contributed by atoms with Gasteiger partial charge < -0.3 is 10.1 Å². The van der Waals surface area contributed by atoms with Crippen LogP contribution in [0.4, 0.5) is 0 Å². The molecule has 0 aromatic carbocycles. The van der Waals surface area contributed by atoms with E-state index in [-0.39, 0.29) is 11.6 Å². The van der Waals surface area contributed by atoms with Crippen molar-refractivity contribution < 1.29 is 9.53 Å². The number of aromatic amines is 1. The molecule has 2 N–H and O–H groups in total. The van der Waals surface area contributed by atoms with Crippen LogP contribution in [0.5, 0.6) is 0 Å². The summed E-state index contributed by atoms with van der Waals surface area (Å²) in [6.07, 6.45) is 0. The van der Waals surface area contributed by atoms with Crippen LogP contribution in [0, 0.1) is 0 Å². The molecule has 1 heterocycles. The van der Waals surface area contributed by atoms with Gasteiger partial charge in [0.2, 0.25) is 0 Å². The normalized spacial score (nSPS) is 12.4. The Morgan fingerprint density at radius 3 is 2.88 bits per heavy atom. The number of H-pyrrole nitrogens is 1. The van der Waals surface area contributed by atoms with Crippen molar-refractivity contribution in [3.63, 3.8) is 0 Å². The zero-order valence-corrected chi connectivity index (χ0v) is 9.91. The van der Waals surface area contributed by atoms with E-state index in [0.717, 1.165) is 13.1 Å². The first kappa shape index (κ1) is 12.6. The average molecular weight is 226 g/mol. The minimum atomic E-state index is -0.422. The number of esters is 1. The summed E-state index contributed by atoms with van der Waals surface area (Å²) in [5.74, 6) is -0.298. The van der Waals surface area contributed by atoms with Crippen molar-refractivity contribution in [1.82, 2.24) is 20.7 Å². The molecular weight excluding hydrogens is 208 g/mol. The lowest BCUT2D eigenvalue weighted by Crippen LogP contribution is -2.21. The molecule has 1 aromatic heterocycles. The maximum atomic E-state index is 11.5. The Kier molecular flexibility index (Phi) is 4.91. The topological polar surface area (TPSA) is 79.9 Å². The molecule has 1 atom stereocenters. The Labute approximate surface area is 94.8 Å². The van der Waals surface area contributed by atoms with Gasteiger partial charge in [-0.05, 0) is 13.5 Å². The minimum Gasteiger partial charge on any atom is -0.461 e. The van der Waals surface area contributed by atoms with Crippen LogP contribution in [-0.2, 0) is 4.74 Å². The van der Waals surface area contributed by atoms with Gasteiger partial charge in [-0.15, -0.1) is 5.10 Å². The van der Waals surface area contributed by atoms with Crippen LogP contribution in [0.2, 0.25) is 0 Å². The van der Waals surface area contributed by atoms with Crippen molar-refractivity contribution in [2.75, 3.05) is 19.7 Å². The van der Waals surface area contributed by atoms with E-state index in [1.54, 1.807) is 6.92 Å². The summed E-state index contributed by atoms with van der Waals surface area (Å²) in [5.41, 5.74) is 0.937. The molecule has 0 aliphatic rings. The van der Waals surface area contributed by atoms with E-state index >= 15 is 0 Å². The SMILES string of the molecule is CCNCC(C)c1n[nH]nc1C(=O)OCC. The molecule has 6 nitrogen and oxygen atoms in total. The average Bonchev–Trinajstić information content (AvgIpc) is 2.75. The predicted octanol–water partition coefficient (Wildman–Crippen LogP) is 0.694. The summed E-state index contributed by atoms with van der Waals surface area (Å²) in [4.78, 5) is 11.5. The fraction of sp³-hybridized carbons (Fsp3) is 0.700. The number of carbonyl (C=O) groups excluding carboxylic acids is 1. The van der Waals surface area contributed by atoms with Gasteiger partial charge in [-0.1, -0.05) is 13.8 Å². The van der Waals surface area contributed by atoms with E-state index in [2.05, 4.69) is 20.7 Å². The van der Waals surface area contributed by atoms with Crippen LogP contribution in [0.3, 0.4) is 0 Å². The van der Waals surface area contributed by atoms with Crippen LogP contribution in [-0.4, -0.2) is 41.1 Å². The van der Waals surface area contributed by atoms with Gasteiger partial charge in [0.1, 0.15) is 5.69 Å². The second-order valence-corrected chi connectivity index (χ2v) is 3.49. The number of rotatable bonds is 6. The number of hydrogen-bond acceptors (Lipinski definition) is 5. The minimum absolute atomic E-state index is 0.123. The summed E-state index contributed by atoms with van der Waals surface area (Å²) in [5, 5.41) is 13.5. The molecule has 0 saturated heterocycles. The van der Waals surface area contributed by atoms with E-state index < -0.39 is 5.97 Å². The first-order valence-corrected chi connectivity index (χ1v) is 5.49. The van der Waals surface area contributed by atoms with Crippen LogP contribution in [0.1, 0.15) is 42.9 Å². The molecule has 0 amide bonds. The van der Waals surface area contributed by atoms with Crippen LogP contribution >= 0.6 is 0 Å². The molecule has 0 aliphatic heterocycles. The molecule has 1 aromatic rings. The molecule has 6 heteroatoms. The highest BCUT2D eigenvalue weighted by atomic mass is 16.5. The predicted molar refractivity (Wildman–Crippen MR) is 59.3 cm³/mol. The molecular formula is C10H18N4O2. The van der Waals surface area contributed by atoms with E-state index in [9.17, 15) is 4.79 Å². The number of ether oxygens (including phenoxy) is 1. The van der Waals surface area contributed by atoms with E-state index in [1.807, 2.05) is 13.8 Å². The van der Waals surface area contributed by atoms with Gasteiger partial charge >= 0.3 is 5.97 Å². The van der Waals surface area contributed by atoms with Crippen molar-refractivity contribution in [3.8, 4) is 0 Å². The van der Waals surface area contributed by atoms with Crippen molar-refractivity contribution >= 4 is 5.97 Å². The lowest BCUT2D eigenvalue weighted by Gasteiger charge is -2.09. The molecule has 1 unspecified atom stereocenters. The van der Waals surface area contributed by atoms with Crippen molar-refractivity contribution in [1.29, 1.82) is 0 Å². The Morgan fingerprint density at radius 2 is 2.25 bits per heavy atom. The highest BCUT2D eigenvalue weighted by Crippen LogP contribution is 2.15. The number of nitrogens with zero attached hydrogens (tertiary/aromatic N) is 2. The fourth-order valence-corrected chi connectivity index (χ4v) is 1.39. The molecule has 1 rings (SSSR count). The number of hydrogen-bond donors (Lipinski definition) is 2. The number of likely N-dealkylation sites (N-methyl/N-ethyl adjacent to an activating group) is 1. The van der Waals surface area contributed by atoms with Gasteiger partial charge in [0.15, 0.2) is 5.69 Å². The third-order valence-corrected chi connectivity index (χ3v) is 2.21. The smallest absolute Gasteiger partial charge is 0.360 e. The Bertz CT molecular complexity index is 337. The van der Waals surface area contributed by atoms with Gasteiger partial charge in [-0.25, -0.2) is 4.79 Å². The highest BCUT2D eigenvalue weighted by Gasteiger charge is 2.21. The largest absolute Gasteiger partial charge is 0.461 e. The fourth-order valence-electron chi connectivity index (χ4n) is 1.39. The van der Waals surface area contributed by atoms with Crippen LogP contribution in [0.25, 0.3) is 0 Å². The molecule has 0 spiro atoms. The summed E-state index contributed by atoms with van der Waals surface area (Å²) in [7, 11) is 0. The van der Waals surface area contributed by atoms with Crippen molar-refractivity contribution in [3.05, 3.63) is 11.4 Å². The zero-order valence-electron chi connectivity index (χ0n) is 9.91. The number of nitrogens with one attached hydrogen (secondary N) is 2. The molecule has 0 bridgehead atoms. The highest BCUT2D eigenvalue weighted by molar-refractivity contribution is 5.88. The summed E-state index contributed by atoms with van der Waals surface area (Å²) >= 11 is 0. The third-order valence-electron chi connectivity index (χ3n) is 2.21. The first-order valence-electron chi connectivity index (χ1n) is 5.49. The summed E-state index contributed by atoms with van der Waals surface area (Å²) in [6.45, 7) is 7.77. The standard InChI is InChI=1S/C10H18N4O2/c1-4-11-6-7(3)8-9(13-14-12-8)10(15)16-5-2/h7,11H,4-6H2,1-3H3,(H,12,13,14). The maximum absolute atomic E-state index is 11.5. The second kappa shape index (κ2) is 6.22. The van der Waals surface area contributed by atoms with Gasteiger partial charge in [0.05, 0.1) is 6.61 Å². The summed E-state index contributed by atoms with van der Waals surface area (Å²) in [6, 6.07) is 0. The lowest BCUT2D eigenvalue weighted by molar-refractivity contribution is 0.0517. The molecule has 0 radical (unpaired) electrons. The maximum Gasteiger partial charge on any atom is 0.360 e. The van der Waals surface area contributed by atoms with E-state index in [1.165, 1.54) is 0 Å². The molecule has 90 valence electrons. The van der Waals surface area contributed by atoms with Gasteiger partial charge in [-0.3, -0.25) is 0 Å². The Hall–Kier alpha value is -1.43. The quantitative estimate of drug-likeness (QED) is 0.698. The molecule has 16 heavy (non-hydrogen) atoms. The summed E-state index contributed by atoms with van der Waals surface area (Å²) < 4.78 is 4.90. The Balaban J connectivity index is 2.72. The first-order chi connectivity index (χ1) is 7.70. The second-order valence-electron chi connectivity index (χ2n) is 3.49. The van der Waals surface area contributed by atoms with Gasteiger partial charge in [-0.2, -0.15) is 10.3 Å². The molecule has 0 saturated carbocycles. The van der Waals surface area contributed by atoms with Gasteiger partial charge in [0, 0.05) is 12.5 Å². The van der Waals surface area contributed by atoms with Crippen LogP contribution < -0.4 is 5.32 Å². The third kappa shape index (κ3) is 3.03. The van der Waals surface area contributed by atoms with E-state index in [4.69, 9.17) is 4.74 Å².